The van der Waals surface area contributed by atoms with Crippen molar-refractivity contribution in [3.63, 3.8) is 0 Å². The topological polar surface area (TPSA) is 40.5 Å². The van der Waals surface area contributed by atoms with Crippen molar-refractivity contribution in [2.75, 3.05) is 4.90 Å². The zero-order chi connectivity index (χ0) is 12.3. The number of benzene rings is 2. The van der Waals surface area contributed by atoms with Crippen LogP contribution < -0.4 is 4.90 Å². The summed E-state index contributed by atoms with van der Waals surface area (Å²) in [5.41, 5.74) is 0.759. The van der Waals surface area contributed by atoms with Crippen molar-refractivity contribution >= 4 is 17.5 Å². The van der Waals surface area contributed by atoms with Crippen LogP contribution in [0, 0.1) is 5.82 Å². The highest BCUT2D eigenvalue weighted by Crippen LogP contribution is 2.25. The van der Waals surface area contributed by atoms with E-state index in [9.17, 15) is 14.3 Å². The van der Waals surface area contributed by atoms with Gasteiger partial charge in [-0.05, 0) is 30.3 Å². The normalized spacial score (nSPS) is 9.94. The third kappa shape index (κ3) is 2.42. The van der Waals surface area contributed by atoms with Crippen molar-refractivity contribution in [3.05, 3.63) is 60.4 Å². The van der Waals surface area contributed by atoms with Crippen LogP contribution in [0.1, 0.15) is 0 Å². The van der Waals surface area contributed by atoms with Gasteiger partial charge in [0, 0.05) is 0 Å². The minimum absolute atomic E-state index is 0.281. The Bertz CT molecular complexity index is 528. The van der Waals surface area contributed by atoms with Gasteiger partial charge in [0.15, 0.2) is 0 Å². The Hall–Kier alpha value is -2.36. The van der Waals surface area contributed by atoms with Gasteiger partial charge in [0.25, 0.3) is 0 Å². The Balaban J connectivity index is 2.47. The molecule has 0 aliphatic carbocycles. The minimum atomic E-state index is -1.15. The highest BCUT2D eigenvalue weighted by atomic mass is 19.1. The van der Waals surface area contributed by atoms with Gasteiger partial charge in [0.1, 0.15) is 5.82 Å². The number of anilines is 2. The average molecular weight is 231 g/mol. The maximum Gasteiger partial charge on any atom is 0.416 e. The van der Waals surface area contributed by atoms with E-state index >= 15 is 0 Å². The molecule has 86 valence electrons. The van der Waals surface area contributed by atoms with Crippen LogP contribution in [0.2, 0.25) is 0 Å². The number of carbonyl (C=O) groups is 1. The van der Waals surface area contributed by atoms with Crippen LogP contribution in [0.15, 0.2) is 54.6 Å². The van der Waals surface area contributed by atoms with Crippen molar-refractivity contribution < 1.29 is 14.3 Å². The predicted molar refractivity (Wildman–Crippen MR) is 63.0 cm³/mol. The molecule has 1 N–H and O–H groups in total. The van der Waals surface area contributed by atoms with Crippen LogP contribution in [0.3, 0.4) is 0 Å². The van der Waals surface area contributed by atoms with Crippen LogP contribution in [-0.4, -0.2) is 11.2 Å². The maximum atomic E-state index is 13.1. The molecule has 0 heterocycles. The Kier molecular flexibility index (Phi) is 3.05. The molecular weight excluding hydrogens is 221 g/mol. The molecule has 2 rings (SSSR count). The lowest BCUT2D eigenvalue weighted by Gasteiger charge is -2.19. The summed E-state index contributed by atoms with van der Waals surface area (Å²) in [6.07, 6.45) is -1.15. The maximum absolute atomic E-state index is 13.1. The number of hydrogen-bond donors (Lipinski definition) is 1. The summed E-state index contributed by atoms with van der Waals surface area (Å²) in [5.74, 6) is -0.468. The van der Waals surface area contributed by atoms with Gasteiger partial charge in [-0.2, -0.15) is 0 Å². The standard InChI is InChI=1S/C13H10FNO2/c14-10-5-4-8-12(9-10)15(13(16)17)11-6-2-1-3-7-11/h1-9H,(H,16,17). The molecule has 0 aromatic heterocycles. The van der Waals surface area contributed by atoms with Crippen LogP contribution in [0.25, 0.3) is 0 Å². The lowest BCUT2D eigenvalue weighted by molar-refractivity contribution is 0.205. The summed E-state index contributed by atoms with van der Waals surface area (Å²) in [7, 11) is 0. The van der Waals surface area contributed by atoms with Gasteiger partial charge in [-0.3, -0.25) is 0 Å². The molecule has 0 spiro atoms. The molecule has 4 heteroatoms. The van der Waals surface area contributed by atoms with Gasteiger partial charge >= 0.3 is 6.09 Å². The molecule has 0 aliphatic heterocycles. The first-order valence-electron chi connectivity index (χ1n) is 5.02. The van der Waals surface area contributed by atoms with Crippen LogP contribution >= 0.6 is 0 Å². The third-order valence-corrected chi connectivity index (χ3v) is 2.27. The fourth-order valence-corrected chi connectivity index (χ4v) is 1.56. The molecule has 0 atom stereocenters. The summed E-state index contributed by atoms with van der Waals surface area (Å²) in [6, 6.07) is 14.0. The number of para-hydroxylation sites is 1. The minimum Gasteiger partial charge on any atom is -0.464 e. The molecule has 0 aliphatic rings. The quantitative estimate of drug-likeness (QED) is 0.857. The number of hydrogen-bond acceptors (Lipinski definition) is 1. The summed E-state index contributed by atoms with van der Waals surface area (Å²) >= 11 is 0. The van der Waals surface area contributed by atoms with Gasteiger partial charge in [0.05, 0.1) is 11.4 Å². The molecular formula is C13H10FNO2. The van der Waals surface area contributed by atoms with Crippen molar-refractivity contribution in [3.8, 4) is 0 Å². The van der Waals surface area contributed by atoms with Crippen molar-refractivity contribution in [1.29, 1.82) is 0 Å². The number of halogens is 1. The summed E-state index contributed by atoms with van der Waals surface area (Å²) in [4.78, 5) is 12.2. The van der Waals surface area contributed by atoms with E-state index in [0.717, 1.165) is 4.90 Å². The molecule has 1 amide bonds. The lowest BCUT2D eigenvalue weighted by Crippen LogP contribution is -2.23. The predicted octanol–water partition coefficient (Wildman–Crippen LogP) is 3.64. The van der Waals surface area contributed by atoms with E-state index in [0.29, 0.717) is 5.69 Å². The monoisotopic (exact) mass is 231 g/mol. The summed E-state index contributed by atoms with van der Waals surface area (Å²) in [6.45, 7) is 0. The Morgan fingerprint density at radius 1 is 1.00 bits per heavy atom. The molecule has 0 radical (unpaired) electrons. The average Bonchev–Trinajstić information content (AvgIpc) is 2.30. The Morgan fingerprint density at radius 3 is 2.24 bits per heavy atom. The largest absolute Gasteiger partial charge is 0.464 e. The molecule has 0 unspecified atom stereocenters. The fourth-order valence-electron chi connectivity index (χ4n) is 1.56. The van der Waals surface area contributed by atoms with Crippen LogP contribution in [0.4, 0.5) is 20.6 Å². The molecule has 0 bridgehead atoms. The van der Waals surface area contributed by atoms with Gasteiger partial charge in [0.2, 0.25) is 0 Å². The summed E-state index contributed by atoms with van der Waals surface area (Å²) in [5, 5.41) is 9.17. The second-order valence-corrected chi connectivity index (χ2v) is 3.43. The van der Waals surface area contributed by atoms with E-state index in [1.807, 2.05) is 0 Å². The van der Waals surface area contributed by atoms with Crippen LogP contribution in [0.5, 0.6) is 0 Å². The summed E-state index contributed by atoms with van der Waals surface area (Å²) < 4.78 is 13.1. The number of nitrogens with zero attached hydrogens (tertiary/aromatic N) is 1. The first-order chi connectivity index (χ1) is 8.18. The van der Waals surface area contributed by atoms with E-state index in [2.05, 4.69) is 0 Å². The molecule has 2 aromatic rings. The van der Waals surface area contributed by atoms with E-state index in [4.69, 9.17) is 0 Å². The van der Waals surface area contributed by atoms with E-state index in [1.54, 1.807) is 36.4 Å². The highest BCUT2D eigenvalue weighted by Gasteiger charge is 2.16. The molecule has 2 aromatic carbocycles. The van der Waals surface area contributed by atoms with Crippen molar-refractivity contribution in [1.82, 2.24) is 0 Å². The Labute approximate surface area is 97.7 Å². The Morgan fingerprint density at radius 2 is 1.65 bits per heavy atom. The van der Waals surface area contributed by atoms with E-state index in [1.165, 1.54) is 18.2 Å². The smallest absolute Gasteiger partial charge is 0.416 e. The van der Waals surface area contributed by atoms with Gasteiger partial charge in [-0.1, -0.05) is 24.3 Å². The van der Waals surface area contributed by atoms with E-state index in [-0.39, 0.29) is 5.69 Å². The van der Waals surface area contributed by atoms with E-state index < -0.39 is 11.9 Å². The van der Waals surface area contributed by atoms with Gasteiger partial charge in [-0.25, -0.2) is 14.1 Å². The first kappa shape index (κ1) is 11.1. The lowest BCUT2D eigenvalue weighted by atomic mass is 10.2. The number of amides is 1. The molecule has 0 saturated heterocycles. The van der Waals surface area contributed by atoms with Crippen LogP contribution in [-0.2, 0) is 0 Å². The van der Waals surface area contributed by atoms with Crippen molar-refractivity contribution in [2.24, 2.45) is 0 Å². The molecule has 0 saturated carbocycles. The zero-order valence-corrected chi connectivity index (χ0v) is 8.88. The third-order valence-electron chi connectivity index (χ3n) is 2.27. The second kappa shape index (κ2) is 4.65. The SMILES string of the molecule is O=C(O)N(c1ccccc1)c1cccc(F)c1. The second-order valence-electron chi connectivity index (χ2n) is 3.43. The number of carboxylic acid groups (broad SMARTS) is 1. The fraction of sp³-hybridized carbons (Fsp3) is 0. The van der Waals surface area contributed by atoms with Crippen molar-refractivity contribution in [2.45, 2.75) is 0 Å². The van der Waals surface area contributed by atoms with Gasteiger partial charge < -0.3 is 5.11 Å². The zero-order valence-electron chi connectivity index (χ0n) is 8.88. The van der Waals surface area contributed by atoms with Gasteiger partial charge in [-0.15, -0.1) is 0 Å². The molecule has 17 heavy (non-hydrogen) atoms. The molecule has 3 nitrogen and oxygen atoms in total. The first-order valence-corrected chi connectivity index (χ1v) is 5.02. The molecule has 0 fully saturated rings. The number of rotatable bonds is 2. The highest BCUT2D eigenvalue weighted by molar-refractivity contribution is 5.94.